The van der Waals surface area contributed by atoms with E-state index in [1.165, 1.54) is 77.0 Å². The summed E-state index contributed by atoms with van der Waals surface area (Å²) in [6.45, 7) is 11.1. The average molecular weight is 327 g/mol. The molecule has 0 aromatic rings. The molecular weight excluding hydrogens is 288 g/mol. The van der Waals surface area contributed by atoms with Crippen LogP contribution in [0.2, 0.25) is 0 Å². The van der Waals surface area contributed by atoms with Gasteiger partial charge in [0, 0.05) is 0 Å². The van der Waals surface area contributed by atoms with Crippen molar-refractivity contribution >= 4 is 0 Å². The van der Waals surface area contributed by atoms with E-state index in [9.17, 15) is 0 Å². The highest BCUT2D eigenvalue weighted by atomic mass is 14.4. The molecule has 0 spiro atoms. The Morgan fingerprint density at radius 1 is 0.708 bits per heavy atom. The van der Waals surface area contributed by atoms with E-state index in [2.05, 4.69) is 20.1 Å². The minimum Gasteiger partial charge on any atom is -0.0998 e. The summed E-state index contributed by atoms with van der Waals surface area (Å²) in [7, 11) is 0. The van der Waals surface area contributed by atoms with Gasteiger partial charge in [0.15, 0.2) is 0 Å². The van der Waals surface area contributed by atoms with Crippen molar-refractivity contribution in [2.45, 2.75) is 84.0 Å². The second-order valence-corrected chi connectivity index (χ2v) is 10.3. The molecule has 24 heavy (non-hydrogen) atoms. The zero-order chi connectivity index (χ0) is 16.7. The molecule has 0 aliphatic heterocycles. The molecule has 4 aliphatic carbocycles. The van der Waals surface area contributed by atoms with Crippen LogP contribution in [-0.2, 0) is 0 Å². The van der Waals surface area contributed by atoms with E-state index in [1.54, 1.807) is 11.1 Å². The van der Waals surface area contributed by atoms with Gasteiger partial charge in [-0.2, -0.15) is 0 Å². The molecule has 4 saturated carbocycles. The molecule has 0 bridgehead atoms. The third-order valence-corrected chi connectivity index (χ3v) is 8.17. The molecule has 0 N–H and O–H groups in total. The Balaban J connectivity index is 1.23. The molecule has 0 heterocycles. The summed E-state index contributed by atoms with van der Waals surface area (Å²) in [5.74, 6) is 7.02. The van der Waals surface area contributed by atoms with Crippen LogP contribution in [0.1, 0.15) is 84.0 Å². The van der Waals surface area contributed by atoms with Gasteiger partial charge in [0.25, 0.3) is 0 Å². The summed E-state index contributed by atoms with van der Waals surface area (Å²) in [6, 6.07) is 0. The van der Waals surface area contributed by atoms with Crippen molar-refractivity contribution in [3.63, 3.8) is 0 Å². The summed E-state index contributed by atoms with van der Waals surface area (Å²) in [5.41, 5.74) is 3.10. The van der Waals surface area contributed by atoms with Gasteiger partial charge in [-0.25, -0.2) is 0 Å². The first-order chi connectivity index (χ1) is 11.6. The monoisotopic (exact) mass is 326 g/mol. The van der Waals surface area contributed by atoms with Crippen molar-refractivity contribution < 1.29 is 0 Å². The highest BCUT2D eigenvalue weighted by molar-refractivity contribution is 5.08. The summed E-state index contributed by atoms with van der Waals surface area (Å²) in [6.07, 6.45) is 17.5. The molecule has 0 amide bonds. The normalized spacial score (nSPS) is 43.5. The Labute approximate surface area is 150 Å². The zero-order valence-electron chi connectivity index (χ0n) is 15.9. The molecule has 0 radical (unpaired) electrons. The van der Waals surface area contributed by atoms with Crippen molar-refractivity contribution in [1.82, 2.24) is 0 Å². The predicted molar refractivity (Wildman–Crippen MR) is 104 cm³/mol. The highest BCUT2D eigenvalue weighted by Crippen LogP contribution is 2.49. The lowest BCUT2D eigenvalue weighted by Crippen LogP contribution is -2.24. The van der Waals surface area contributed by atoms with Crippen LogP contribution in [0.3, 0.4) is 0 Å². The molecule has 7 atom stereocenters. The topological polar surface area (TPSA) is 0 Å². The number of rotatable bonds is 4. The smallest absolute Gasteiger partial charge is 0.0292 e. The van der Waals surface area contributed by atoms with Crippen LogP contribution in [0.15, 0.2) is 24.3 Å². The van der Waals surface area contributed by atoms with Crippen LogP contribution in [0, 0.1) is 41.4 Å². The Kier molecular flexibility index (Phi) is 4.94. The third-order valence-electron chi connectivity index (χ3n) is 8.17. The number of fused-ring (bicyclic) bond motifs is 2. The Morgan fingerprint density at radius 3 is 1.58 bits per heavy atom. The molecule has 0 heteroatoms. The van der Waals surface area contributed by atoms with Gasteiger partial charge in [-0.3, -0.25) is 0 Å². The Bertz CT molecular complexity index is 442. The first-order valence-corrected chi connectivity index (χ1v) is 10.9. The van der Waals surface area contributed by atoms with Gasteiger partial charge < -0.3 is 0 Å². The lowest BCUT2D eigenvalue weighted by atomic mass is 9.70. The standard InChI is InChI=1S/C24H38/c1-16(8-19-4-6-21-10-17(2)12-23(21)14-19)9-20-5-7-22-11-18(3)13-24(22)15-20/h16,19-24H,2-15H2,1H3/t16?,19-,20-,21+,22?,23?,24+/m0/s1. The fourth-order valence-corrected chi connectivity index (χ4v) is 7.20. The van der Waals surface area contributed by atoms with Crippen LogP contribution in [0.5, 0.6) is 0 Å². The van der Waals surface area contributed by atoms with Crippen LogP contribution >= 0.6 is 0 Å². The minimum atomic E-state index is 0.947. The van der Waals surface area contributed by atoms with Gasteiger partial charge in [-0.05, 0) is 106 Å². The maximum absolute atomic E-state index is 4.27. The highest BCUT2D eigenvalue weighted by Gasteiger charge is 2.37. The maximum atomic E-state index is 4.27. The first-order valence-electron chi connectivity index (χ1n) is 10.9. The van der Waals surface area contributed by atoms with Gasteiger partial charge in [-0.15, -0.1) is 0 Å². The number of hydrogen-bond acceptors (Lipinski definition) is 0. The maximum Gasteiger partial charge on any atom is -0.0292 e. The summed E-state index contributed by atoms with van der Waals surface area (Å²) in [4.78, 5) is 0. The van der Waals surface area contributed by atoms with Gasteiger partial charge in [0.2, 0.25) is 0 Å². The SMILES string of the molecule is C=C1CC2C[C@H](CC(C)C[C@@H]3CCC4CC(=C)C[C@@H]4C3)CC[C@@H]2C1. The minimum absolute atomic E-state index is 0.947. The molecule has 4 fully saturated rings. The molecule has 3 unspecified atom stereocenters. The second-order valence-electron chi connectivity index (χ2n) is 10.3. The zero-order valence-corrected chi connectivity index (χ0v) is 15.9. The van der Waals surface area contributed by atoms with Crippen molar-refractivity contribution in [2.75, 3.05) is 0 Å². The third kappa shape index (κ3) is 3.68. The lowest BCUT2D eigenvalue weighted by molar-refractivity contribution is 0.154. The van der Waals surface area contributed by atoms with E-state index in [1.807, 2.05) is 0 Å². The van der Waals surface area contributed by atoms with Crippen molar-refractivity contribution in [1.29, 1.82) is 0 Å². The largest absolute Gasteiger partial charge is 0.0998 e. The first kappa shape index (κ1) is 16.9. The van der Waals surface area contributed by atoms with Crippen molar-refractivity contribution in [2.24, 2.45) is 41.4 Å². The van der Waals surface area contributed by atoms with Gasteiger partial charge in [-0.1, -0.05) is 44.1 Å². The van der Waals surface area contributed by atoms with Gasteiger partial charge in [0.1, 0.15) is 0 Å². The summed E-state index contributed by atoms with van der Waals surface area (Å²) >= 11 is 0. The van der Waals surface area contributed by atoms with Crippen LogP contribution in [-0.4, -0.2) is 0 Å². The van der Waals surface area contributed by atoms with E-state index in [4.69, 9.17) is 0 Å². The van der Waals surface area contributed by atoms with Gasteiger partial charge >= 0.3 is 0 Å². The fourth-order valence-electron chi connectivity index (χ4n) is 7.20. The summed E-state index contributed by atoms with van der Waals surface area (Å²) < 4.78 is 0. The second kappa shape index (κ2) is 7.00. The van der Waals surface area contributed by atoms with E-state index in [-0.39, 0.29) is 0 Å². The van der Waals surface area contributed by atoms with Crippen molar-refractivity contribution in [3.05, 3.63) is 24.3 Å². The molecular formula is C24H38. The summed E-state index contributed by atoms with van der Waals surface area (Å²) in [5, 5.41) is 0. The lowest BCUT2D eigenvalue weighted by Gasteiger charge is -2.35. The van der Waals surface area contributed by atoms with E-state index >= 15 is 0 Å². The van der Waals surface area contributed by atoms with Crippen LogP contribution in [0.4, 0.5) is 0 Å². The molecule has 0 saturated heterocycles. The Hall–Kier alpha value is -0.520. The van der Waals surface area contributed by atoms with Crippen molar-refractivity contribution in [3.8, 4) is 0 Å². The molecule has 0 aromatic heterocycles. The van der Waals surface area contributed by atoms with Crippen LogP contribution < -0.4 is 0 Å². The number of hydrogen-bond donors (Lipinski definition) is 0. The average Bonchev–Trinajstić information content (AvgIpc) is 3.06. The number of allylic oxidation sites excluding steroid dienone is 2. The quantitative estimate of drug-likeness (QED) is 0.480. The fraction of sp³-hybridized carbons (Fsp3) is 0.833. The molecule has 4 aliphatic rings. The molecule has 4 rings (SSSR count). The molecule has 0 aromatic carbocycles. The van der Waals surface area contributed by atoms with E-state index in [0.717, 1.165) is 41.4 Å². The van der Waals surface area contributed by atoms with E-state index < -0.39 is 0 Å². The van der Waals surface area contributed by atoms with E-state index in [0.29, 0.717) is 0 Å². The Morgan fingerprint density at radius 2 is 1.12 bits per heavy atom. The van der Waals surface area contributed by atoms with Crippen LogP contribution in [0.25, 0.3) is 0 Å². The molecule has 0 nitrogen and oxygen atoms in total. The van der Waals surface area contributed by atoms with Gasteiger partial charge in [0.05, 0.1) is 0 Å². The molecule has 134 valence electrons. The predicted octanol–water partition coefficient (Wildman–Crippen LogP) is 7.17.